The van der Waals surface area contributed by atoms with Gasteiger partial charge < -0.3 is 10.2 Å². The quantitative estimate of drug-likeness (QED) is 0.698. The highest BCUT2D eigenvalue weighted by molar-refractivity contribution is 5.83. The van der Waals surface area contributed by atoms with Gasteiger partial charge in [-0.15, -0.1) is 5.10 Å². The van der Waals surface area contributed by atoms with Crippen LogP contribution in [0.4, 0.5) is 0 Å². The van der Waals surface area contributed by atoms with Crippen LogP contribution >= 0.6 is 0 Å². The number of hydrogen-bond donors (Lipinski definition) is 1. The van der Waals surface area contributed by atoms with Crippen molar-refractivity contribution in [1.82, 2.24) is 25.2 Å². The van der Waals surface area contributed by atoms with E-state index < -0.39 is 0 Å². The van der Waals surface area contributed by atoms with E-state index >= 15 is 0 Å². The molecule has 0 radical (unpaired) electrons. The van der Waals surface area contributed by atoms with E-state index in [-0.39, 0.29) is 11.9 Å². The Morgan fingerprint density at radius 1 is 1.67 bits per heavy atom. The van der Waals surface area contributed by atoms with Gasteiger partial charge in [0.25, 0.3) is 0 Å². The van der Waals surface area contributed by atoms with Gasteiger partial charge >= 0.3 is 0 Å². The fourth-order valence-electron chi connectivity index (χ4n) is 1.72. The smallest absolute Gasteiger partial charge is 0.239 e. The van der Waals surface area contributed by atoms with Crippen molar-refractivity contribution in [3.8, 4) is 0 Å². The minimum atomic E-state index is -0.0153. The van der Waals surface area contributed by atoms with Gasteiger partial charge in [-0.3, -0.25) is 9.48 Å². The summed E-state index contributed by atoms with van der Waals surface area (Å²) in [6.07, 6.45) is 4.35. The first-order chi connectivity index (χ1) is 7.27. The van der Waals surface area contributed by atoms with Crippen molar-refractivity contribution in [3.05, 3.63) is 12.4 Å². The SMILES string of the molecule is CN1CCC(NCCn2ccnn2)C1=O. The maximum absolute atomic E-state index is 11.5. The summed E-state index contributed by atoms with van der Waals surface area (Å²) < 4.78 is 1.75. The van der Waals surface area contributed by atoms with Gasteiger partial charge in [-0.05, 0) is 6.42 Å². The van der Waals surface area contributed by atoms with Gasteiger partial charge in [0.05, 0.1) is 18.8 Å². The van der Waals surface area contributed by atoms with Crippen molar-refractivity contribution >= 4 is 5.91 Å². The number of nitrogens with one attached hydrogen (secondary N) is 1. The zero-order valence-corrected chi connectivity index (χ0v) is 8.76. The molecule has 1 aliphatic rings. The summed E-state index contributed by atoms with van der Waals surface area (Å²) in [7, 11) is 1.83. The molecule has 1 N–H and O–H groups in total. The molecule has 1 aromatic rings. The van der Waals surface area contributed by atoms with Crippen LogP contribution in [0.3, 0.4) is 0 Å². The van der Waals surface area contributed by atoms with Gasteiger partial charge in [0.2, 0.25) is 5.91 Å². The van der Waals surface area contributed by atoms with Crippen molar-refractivity contribution in [2.75, 3.05) is 20.1 Å². The molecule has 1 saturated heterocycles. The van der Waals surface area contributed by atoms with E-state index in [1.165, 1.54) is 0 Å². The molecule has 1 unspecified atom stereocenters. The standard InChI is InChI=1S/C9H15N5O/c1-13-5-2-8(9(13)15)10-3-6-14-7-4-11-12-14/h4,7-8,10H,2-3,5-6H2,1H3. The molecule has 1 atom stereocenters. The Morgan fingerprint density at radius 2 is 2.53 bits per heavy atom. The summed E-state index contributed by atoms with van der Waals surface area (Å²) in [5.41, 5.74) is 0. The van der Waals surface area contributed by atoms with Crippen molar-refractivity contribution in [1.29, 1.82) is 0 Å². The zero-order valence-electron chi connectivity index (χ0n) is 8.76. The molecule has 0 aliphatic carbocycles. The fourth-order valence-corrected chi connectivity index (χ4v) is 1.72. The third-order valence-corrected chi connectivity index (χ3v) is 2.63. The van der Waals surface area contributed by atoms with Crippen LogP contribution in [0.2, 0.25) is 0 Å². The molecule has 0 saturated carbocycles. The van der Waals surface area contributed by atoms with Crippen LogP contribution in [-0.2, 0) is 11.3 Å². The molecule has 15 heavy (non-hydrogen) atoms. The van der Waals surface area contributed by atoms with Crippen LogP contribution in [0.25, 0.3) is 0 Å². The van der Waals surface area contributed by atoms with E-state index in [0.29, 0.717) is 0 Å². The Hall–Kier alpha value is -1.43. The number of hydrogen-bond acceptors (Lipinski definition) is 4. The predicted octanol–water partition coefficient (Wildman–Crippen LogP) is -0.902. The largest absolute Gasteiger partial charge is 0.344 e. The Morgan fingerprint density at radius 3 is 3.13 bits per heavy atom. The van der Waals surface area contributed by atoms with E-state index in [0.717, 1.165) is 26.1 Å². The summed E-state index contributed by atoms with van der Waals surface area (Å²) in [6.45, 7) is 2.33. The van der Waals surface area contributed by atoms with Crippen LogP contribution in [0.1, 0.15) is 6.42 Å². The number of carbonyl (C=O) groups is 1. The maximum atomic E-state index is 11.5. The summed E-state index contributed by atoms with van der Waals surface area (Å²) in [4.78, 5) is 13.3. The second-order valence-corrected chi connectivity index (χ2v) is 3.72. The lowest BCUT2D eigenvalue weighted by molar-refractivity contribution is -0.128. The fraction of sp³-hybridized carbons (Fsp3) is 0.667. The zero-order chi connectivity index (χ0) is 10.7. The highest BCUT2D eigenvalue weighted by Gasteiger charge is 2.27. The van der Waals surface area contributed by atoms with E-state index in [9.17, 15) is 4.79 Å². The molecular weight excluding hydrogens is 194 g/mol. The third kappa shape index (κ3) is 2.33. The normalized spacial score (nSPS) is 21.3. The third-order valence-electron chi connectivity index (χ3n) is 2.63. The number of nitrogens with zero attached hydrogens (tertiary/aromatic N) is 4. The molecule has 1 amide bonds. The van der Waals surface area contributed by atoms with Crippen molar-refractivity contribution in [2.24, 2.45) is 0 Å². The first kappa shape index (κ1) is 10.1. The molecule has 0 bridgehead atoms. The van der Waals surface area contributed by atoms with Crippen LogP contribution in [0, 0.1) is 0 Å². The van der Waals surface area contributed by atoms with Crippen molar-refractivity contribution in [2.45, 2.75) is 19.0 Å². The number of likely N-dealkylation sites (N-methyl/N-ethyl adjacent to an activating group) is 1. The van der Waals surface area contributed by atoms with Crippen molar-refractivity contribution < 1.29 is 4.79 Å². The summed E-state index contributed by atoms with van der Waals surface area (Å²) in [6, 6.07) is -0.0153. The molecule has 2 rings (SSSR count). The minimum absolute atomic E-state index is 0.0153. The van der Waals surface area contributed by atoms with E-state index in [4.69, 9.17) is 0 Å². The van der Waals surface area contributed by atoms with Crippen LogP contribution in [0.5, 0.6) is 0 Å². The first-order valence-electron chi connectivity index (χ1n) is 5.10. The Bertz CT molecular complexity index is 323. The summed E-state index contributed by atoms with van der Waals surface area (Å²) >= 11 is 0. The lowest BCUT2D eigenvalue weighted by atomic mass is 10.2. The lowest BCUT2D eigenvalue weighted by Gasteiger charge is -2.11. The number of carbonyl (C=O) groups excluding carboxylic acids is 1. The number of rotatable bonds is 4. The van der Waals surface area contributed by atoms with E-state index in [1.54, 1.807) is 15.8 Å². The molecule has 1 fully saturated rings. The molecule has 6 nitrogen and oxygen atoms in total. The summed E-state index contributed by atoms with van der Waals surface area (Å²) in [5.74, 6) is 0.189. The number of likely N-dealkylation sites (tertiary alicyclic amines) is 1. The number of aromatic nitrogens is 3. The van der Waals surface area contributed by atoms with E-state index in [1.807, 2.05) is 13.2 Å². The van der Waals surface area contributed by atoms with Crippen LogP contribution < -0.4 is 5.32 Å². The van der Waals surface area contributed by atoms with Gasteiger partial charge in [-0.2, -0.15) is 0 Å². The Kier molecular flexibility index (Phi) is 2.96. The van der Waals surface area contributed by atoms with Gasteiger partial charge in [-0.25, -0.2) is 0 Å². The maximum Gasteiger partial charge on any atom is 0.239 e. The van der Waals surface area contributed by atoms with Gasteiger partial charge in [0, 0.05) is 26.3 Å². The minimum Gasteiger partial charge on any atom is -0.344 e. The molecule has 1 aromatic heterocycles. The van der Waals surface area contributed by atoms with Crippen LogP contribution in [0.15, 0.2) is 12.4 Å². The average molecular weight is 209 g/mol. The monoisotopic (exact) mass is 209 g/mol. The van der Waals surface area contributed by atoms with E-state index in [2.05, 4.69) is 15.6 Å². The molecule has 0 aromatic carbocycles. The van der Waals surface area contributed by atoms with Crippen molar-refractivity contribution in [3.63, 3.8) is 0 Å². The molecule has 0 spiro atoms. The van der Waals surface area contributed by atoms with Gasteiger partial charge in [0.1, 0.15) is 0 Å². The predicted molar refractivity (Wildman–Crippen MR) is 54.1 cm³/mol. The molecular formula is C9H15N5O. The van der Waals surface area contributed by atoms with Gasteiger partial charge in [-0.1, -0.05) is 5.21 Å². The first-order valence-corrected chi connectivity index (χ1v) is 5.10. The highest BCUT2D eigenvalue weighted by atomic mass is 16.2. The number of amides is 1. The molecule has 6 heteroatoms. The lowest BCUT2D eigenvalue weighted by Crippen LogP contribution is -2.38. The second kappa shape index (κ2) is 4.39. The highest BCUT2D eigenvalue weighted by Crippen LogP contribution is 2.07. The topological polar surface area (TPSA) is 63.1 Å². The van der Waals surface area contributed by atoms with Gasteiger partial charge in [0.15, 0.2) is 0 Å². The Labute approximate surface area is 88.2 Å². The Balaban J connectivity index is 1.73. The van der Waals surface area contributed by atoms with Crippen LogP contribution in [-0.4, -0.2) is 52.0 Å². The molecule has 2 heterocycles. The molecule has 82 valence electrons. The average Bonchev–Trinajstić information content (AvgIpc) is 2.83. The summed E-state index contributed by atoms with van der Waals surface area (Å²) in [5, 5.41) is 10.8. The molecule has 1 aliphatic heterocycles. The second-order valence-electron chi connectivity index (χ2n) is 3.72.